The lowest BCUT2D eigenvalue weighted by atomic mass is 9.84. The number of fused-ring (bicyclic) bond motifs is 1. The maximum absolute atomic E-state index is 13.7. The standard InChI is InChI=1S/C12H12FNO2/c1-12(2,11(15)16)7-6-14-9-5-3-4-8(13)10(7)9/h3-6,14H,1-2H3,(H,15,16). The number of rotatable bonds is 2. The van der Waals surface area contributed by atoms with Crippen LogP contribution in [0.4, 0.5) is 4.39 Å². The summed E-state index contributed by atoms with van der Waals surface area (Å²) in [4.78, 5) is 14.0. The fourth-order valence-electron chi connectivity index (χ4n) is 1.75. The van der Waals surface area contributed by atoms with E-state index < -0.39 is 17.2 Å². The average Bonchev–Trinajstić information content (AvgIpc) is 2.63. The summed E-state index contributed by atoms with van der Waals surface area (Å²) in [5, 5.41) is 9.48. The molecule has 0 aliphatic carbocycles. The van der Waals surface area contributed by atoms with Crippen molar-refractivity contribution in [3.05, 3.63) is 35.8 Å². The van der Waals surface area contributed by atoms with Crippen LogP contribution in [0.3, 0.4) is 0 Å². The molecule has 2 aromatic rings. The van der Waals surface area contributed by atoms with E-state index in [1.54, 1.807) is 32.2 Å². The van der Waals surface area contributed by atoms with Crippen molar-refractivity contribution in [2.24, 2.45) is 0 Å². The summed E-state index contributed by atoms with van der Waals surface area (Å²) in [7, 11) is 0. The first-order chi connectivity index (χ1) is 7.44. The van der Waals surface area contributed by atoms with Crippen molar-refractivity contribution in [1.29, 1.82) is 0 Å². The average molecular weight is 221 g/mol. The van der Waals surface area contributed by atoms with Crippen molar-refractivity contribution in [3.8, 4) is 0 Å². The minimum atomic E-state index is -1.11. The second-order valence-electron chi connectivity index (χ2n) is 4.29. The molecule has 3 nitrogen and oxygen atoms in total. The lowest BCUT2D eigenvalue weighted by Gasteiger charge is -2.18. The van der Waals surface area contributed by atoms with E-state index in [9.17, 15) is 9.18 Å². The first-order valence-electron chi connectivity index (χ1n) is 4.94. The van der Waals surface area contributed by atoms with E-state index in [1.165, 1.54) is 6.07 Å². The van der Waals surface area contributed by atoms with E-state index >= 15 is 0 Å². The number of carbonyl (C=O) groups is 1. The quantitative estimate of drug-likeness (QED) is 0.819. The van der Waals surface area contributed by atoms with Gasteiger partial charge in [0.25, 0.3) is 0 Å². The van der Waals surface area contributed by atoms with Gasteiger partial charge in [-0.2, -0.15) is 0 Å². The highest BCUT2D eigenvalue weighted by atomic mass is 19.1. The van der Waals surface area contributed by atoms with Gasteiger partial charge >= 0.3 is 5.97 Å². The van der Waals surface area contributed by atoms with Gasteiger partial charge in [-0.25, -0.2) is 4.39 Å². The number of halogens is 1. The molecule has 0 radical (unpaired) electrons. The summed E-state index contributed by atoms with van der Waals surface area (Å²) >= 11 is 0. The van der Waals surface area contributed by atoms with E-state index in [1.807, 2.05) is 0 Å². The minimum absolute atomic E-state index is 0.356. The molecule has 0 saturated heterocycles. The van der Waals surface area contributed by atoms with Crippen molar-refractivity contribution < 1.29 is 14.3 Å². The topological polar surface area (TPSA) is 53.1 Å². The number of hydrogen-bond acceptors (Lipinski definition) is 1. The van der Waals surface area contributed by atoms with Gasteiger partial charge in [0, 0.05) is 17.1 Å². The lowest BCUT2D eigenvalue weighted by Crippen LogP contribution is -2.28. The molecule has 0 aliphatic rings. The Morgan fingerprint density at radius 2 is 2.12 bits per heavy atom. The Hall–Kier alpha value is -1.84. The Balaban J connectivity index is 2.76. The number of carboxylic acid groups (broad SMARTS) is 1. The highest BCUT2D eigenvalue weighted by Crippen LogP contribution is 2.32. The fourth-order valence-corrected chi connectivity index (χ4v) is 1.75. The first-order valence-corrected chi connectivity index (χ1v) is 4.94. The highest BCUT2D eigenvalue weighted by molar-refractivity contribution is 5.91. The predicted molar refractivity (Wildman–Crippen MR) is 58.9 cm³/mol. The largest absolute Gasteiger partial charge is 0.481 e. The van der Waals surface area contributed by atoms with E-state index in [0.717, 1.165) is 0 Å². The molecule has 16 heavy (non-hydrogen) atoms. The molecule has 0 aliphatic heterocycles. The number of nitrogens with one attached hydrogen (secondary N) is 1. The number of aromatic nitrogens is 1. The molecule has 0 fully saturated rings. The van der Waals surface area contributed by atoms with Gasteiger partial charge in [-0.1, -0.05) is 6.07 Å². The van der Waals surface area contributed by atoms with Crippen molar-refractivity contribution >= 4 is 16.9 Å². The predicted octanol–water partition coefficient (Wildman–Crippen LogP) is 2.67. The highest BCUT2D eigenvalue weighted by Gasteiger charge is 2.32. The third kappa shape index (κ3) is 1.38. The summed E-state index contributed by atoms with van der Waals surface area (Å²) < 4.78 is 13.7. The molecule has 2 rings (SSSR count). The fraction of sp³-hybridized carbons (Fsp3) is 0.250. The van der Waals surface area contributed by atoms with Crippen LogP contribution in [-0.4, -0.2) is 16.1 Å². The van der Waals surface area contributed by atoms with Gasteiger partial charge in [0.1, 0.15) is 5.82 Å². The van der Waals surface area contributed by atoms with Crippen LogP contribution in [0.25, 0.3) is 10.9 Å². The molecular weight excluding hydrogens is 209 g/mol. The summed E-state index contributed by atoms with van der Waals surface area (Å²) in [6, 6.07) is 4.64. The van der Waals surface area contributed by atoms with Crippen LogP contribution in [0.5, 0.6) is 0 Å². The number of H-pyrrole nitrogens is 1. The number of benzene rings is 1. The number of carboxylic acids is 1. The van der Waals surface area contributed by atoms with E-state index in [2.05, 4.69) is 4.98 Å². The zero-order valence-corrected chi connectivity index (χ0v) is 9.04. The molecular formula is C12H12FNO2. The van der Waals surface area contributed by atoms with Crippen molar-refractivity contribution in [2.45, 2.75) is 19.3 Å². The Morgan fingerprint density at radius 3 is 2.75 bits per heavy atom. The van der Waals surface area contributed by atoms with Gasteiger partial charge in [-0.3, -0.25) is 4.79 Å². The van der Waals surface area contributed by atoms with E-state index in [0.29, 0.717) is 16.5 Å². The van der Waals surface area contributed by atoms with Crippen molar-refractivity contribution in [1.82, 2.24) is 4.98 Å². The van der Waals surface area contributed by atoms with Crippen LogP contribution in [0.1, 0.15) is 19.4 Å². The number of hydrogen-bond donors (Lipinski definition) is 2. The molecule has 84 valence electrons. The molecule has 1 heterocycles. The second kappa shape index (κ2) is 3.33. The Kier molecular flexibility index (Phi) is 2.22. The third-order valence-corrected chi connectivity index (χ3v) is 2.86. The van der Waals surface area contributed by atoms with Gasteiger partial charge in [0.05, 0.1) is 5.41 Å². The van der Waals surface area contributed by atoms with Crippen LogP contribution in [-0.2, 0) is 10.2 Å². The molecule has 0 bridgehead atoms. The van der Waals surface area contributed by atoms with Crippen molar-refractivity contribution in [2.75, 3.05) is 0 Å². The number of aromatic amines is 1. The number of aliphatic carboxylic acids is 1. The molecule has 4 heteroatoms. The summed E-state index contributed by atoms with van der Waals surface area (Å²) in [6.45, 7) is 3.12. The molecule has 1 aromatic carbocycles. The zero-order valence-electron chi connectivity index (χ0n) is 9.04. The maximum atomic E-state index is 13.7. The molecule has 0 amide bonds. The Bertz CT molecular complexity index is 557. The van der Waals surface area contributed by atoms with Crippen molar-refractivity contribution in [3.63, 3.8) is 0 Å². The SMILES string of the molecule is CC(C)(C(=O)O)c1c[nH]c2cccc(F)c12. The monoisotopic (exact) mass is 221 g/mol. The molecule has 1 aromatic heterocycles. The van der Waals surface area contributed by atoms with Gasteiger partial charge in [0.2, 0.25) is 0 Å². The Labute approximate surface area is 91.9 Å². The first kappa shape index (κ1) is 10.7. The minimum Gasteiger partial charge on any atom is -0.481 e. The summed E-state index contributed by atoms with van der Waals surface area (Å²) in [5.41, 5.74) is -0.0297. The molecule has 0 saturated carbocycles. The molecule has 0 unspecified atom stereocenters. The molecule has 0 spiro atoms. The van der Waals surface area contributed by atoms with Gasteiger partial charge < -0.3 is 10.1 Å². The van der Waals surface area contributed by atoms with Gasteiger partial charge in [-0.15, -0.1) is 0 Å². The van der Waals surface area contributed by atoms with E-state index in [4.69, 9.17) is 5.11 Å². The van der Waals surface area contributed by atoms with E-state index in [-0.39, 0.29) is 0 Å². The summed E-state index contributed by atoms with van der Waals surface area (Å²) in [6.07, 6.45) is 1.56. The third-order valence-electron chi connectivity index (χ3n) is 2.86. The van der Waals surface area contributed by atoms with Crippen LogP contribution in [0, 0.1) is 5.82 Å². The van der Waals surface area contributed by atoms with Gasteiger partial charge in [-0.05, 0) is 31.5 Å². The Morgan fingerprint density at radius 1 is 1.44 bits per heavy atom. The zero-order chi connectivity index (χ0) is 11.9. The second-order valence-corrected chi connectivity index (χ2v) is 4.29. The lowest BCUT2D eigenvalue weighted by molar-refractivity contribution is -0.142. The van der Waals surface area contributed by atoms with Crippen LogP contribution >= 0.6 is 0 Å². The van der Waals surface area contributed by atoms with Crippen LogP contribution in [0.2, 0.25) is 0 Å². The summed E-state index contributed by atoms with van der Waals surface area (Å²) in [5.74, 6) is -1.38. The van der Waals surface area contributed by atoms with Crippen LogP contribution in [0.15, 0.2) is 24.4 Å². The smallest absolute Gasteiger partial charge is 0.313 e. The maximum Gasteiger partial charge on any atom is 0.313 e. The normalized spacial score (nSPS) is 11.9. The van der Waals surface area contributed by atoms with Crippen LogP contribution < -0.4 is 0 Å². The van der Waals surface area contributed by atoms with Gasteiger partial charge in [0.15, 0.2) is 0 Å². The molecule has 0 atom stereocenters. The molecule has 2 N–H and O–H groups in total.